The van der Waals surface area contributed by atoms with Gasteiger partial charge in [-0.05, 0) is 55.0 Å². The van der Waals surface area contributed by atoms with Crippen LogP contribution in [0.5, 0.6) is 0 Å². The van der Waals surface area contributed by atoms with Crippen LogP contribution in [-0.2, 0) is 17.6 Å². The maximum absolute atomic E-state index is 13.1. The summed E-state index contributed by atoms with van der Waals surface area (Å²) in [5.74, 6) is -0.519. The number of amides is 3. The second kappa shape index (κ2) is 6.34. The Morgan fingerprint density at radius 3 is 2.56 bits per heavy atom. The summed E-state index contributed by atoms with van der Waals surface area (Å²) < 4.78 is 0. The first-order valence-corrected chi connectivity index (χ1v) is 9.21. The molecule has 5 heteroatoms. The van der Waals surface area contributed by atoms with Crippen LogP contribution in [0.1, 0.15) is 39.0 Å². The van der Waals surface area contributed by atoms with Gasteiger partial charge >= 0.3 is 6.03 Å². The fourth-order valence-electron chi connectivity index (χ4n) is 3.99. The van der Waals surface area contributed by atoms with Crippen molar-refractivity contribution in [2.24, 2.45) is 0 Å². The maximum atomic E-state index is 13.1. The van der Waals surface area contributed by atoms with Crippen LogP contribution in [0.3, 0.4) is 0 Å². The number of hydrogen-bond donors (Lipinski definition) is 1. The molecule has 0 saturated carbocycles. The molecule has 1 aliphatic carbocycles. The number of imide groups is 1. The number of benzene rings is 2. The van der Waals surface area contributed by atoms with Gasteiger partial charge in [0.1, 0.15) is 5.54 Å². The number of fused-ring (bicyclic) bond motifs is 1. The van der Waals surface area contributed by atoms with Crippen LogP contribution in [0.15, 0.2) is 42.5 Å². The molecule has 2 aromatic carbocycles. The lowest BCUT2D eigenvalue weighted by atomic mass is 9.78. The number of ketones is 1. The molecule has 3 amide bonds. The Kier molecular flexibility index (Phi) is 4.10. The van der Waals surface area contributed by atoms with E-state index in [0.717, 1.165) is 28.0 Å². The molecule has 0 bridgehead atoms. The van der Waals surface area contributed by atoms with Crippen molar-refractivity contribution in [1.29, 1.82) is 0 Å². The van der Waals surface area contributed by atoms with Crippen LogP contribution >= 0.6 is 0 Å². The minimum Gasteiger partial charge on any atom is -0.323 e. The standard InChI is InChI=1S/C22H22N2O3/c1-14-7-8-17(11-15(14)2)19(25)13-24-20(26)22(23-21(24)27)10-9-16-5-3-4-6-18(16)12-22/h3-8,11H,9-10,12-13H2,1-2H3,(H,23,27). The Labute approximate surface area is 158 Å². The lowest BCUT2D eigenvalue weighted by Gasteiger charge is -2.32. The van der Waals surface area contributed by atoms with Gasteiger partial charge in [0.05, 0.1) is 6.54 Å². The van der Waals surface area contributed by atoms with Gasteiger partial charge in [-0.2, -0.15) is 0 Å². The third kappa shape index (κ3) is 2.93. The van der Waals surface area contributed by atoms with Crippen molar-refractivity contribution < 1.29 is 14.4 Å². The highest BCUT2D eigenvalue weighted by Crippen LogP contribution is 2.33. The summed E-state index contributed by atoms with van der Waals surface area (Å²) in [4.78, 5) is 39.3. The molecule has 1 unspecified atom stereocenters. The fraction of sp³-hybridized carbons (Fsp3) is 0.318. The SMILES string of the molecule is Cc1ccc(C(=O)CN2C(=O)NC3(CCc4ccccc4C3)C2=O)cc1C. The van der Waals surface area contributed by atoms with E-state index in [9.17, 15) is 14.4 Å². The molecule has 1 fully saturated rings. The number of hydrogen-bond acceptors (Lipinski definition) is 3. The van der Waals surface area contributed by atoms with E-state index < -0.39 is 11.6 Å². The Hall–Kier alpha value is -2.95. The van der Waals surface area contributed by atoms with Crippen LogP contribution in [0.2, 0.25) is 0 Å². The summed E-state index contributed by atoms with van der Waals surface area (Å²) >= 11 is 0. The minimum absolute atomic E-state index is 0.226. The number of aryl methyl sites for hydroxylation is 3. The van der Waals surface area contributed by atoms with E-state index in [1.165, 1.54) is 5.56 Å². The van der Waals surface area contributed by atoms with Gasteiger partial charge < -0.3 is 5.32 Å². The Morgan fingerprint density at radius 2 is 1.81 bits per heavy atom. The van der Waals surface area contributed by atoms with E-state index in [2.05, 4.69) is 11.4 Å². The van der Waals surface area contributed by atoms with Crippen molar-refractivity contribution in [2.45, 2.75) is 38.6 Å². The van der Waals surface area contributed by atoms with Crippen LogP contribution in [0, 0.1) is 13.8 Å². The van der Waals surface area contributed by atoms with Crippen molar-refractivity contribution >= 4 is 17.7 Å². The summed E-state index contributed by atoms with van der Waals surface area (Å²) in [6, 6.07) is 13.0. The molecule has 1 heterocycles. The van der Waals surface area contributed by atoms with Crippen molar-refractivity contribution in [2.75, 3.05) is 6.54 Å². The molecular formula is C22H22N2O3. The van der Waals surface area contributed by atoms with Crippen molar-refractivity contribution in [3.63, 3.8) is 0 Å². The number of nitrogens with one attached hydrogen (secondary N) is 1. The van der Waals surface area contributed by atoms with Crippen LogP contribution < -0.4 is 5.32 Å². The molecule has 1 spiro atoms. The molecule has 1 aliphatic heterocycles. The zero-order chi connectivity index (χ0) is 19.2. The molecule has 138 valence electrons. The Balaban J connectivity index is 1.55. The minimum atomic E-state index is -0.922. The first kappa shape index (κ1) is 17.5. The van der Waals surface area contributed by atoms with Gasteiger partial charge in [0, 0.05) is 12.0 Å². The van der Waals surface area contributed by atoms with Crippen molar-refractivity contribution in [3.8, 4) is 0 Å². The molecule has 27 heavy (non-hydrogen) atoms. The number of Topliss-reactive ketones (excluding diaryl/α,β-unsaturated/α-hetero) is 1. The monoisotopic (exact) mass is 362 g/mol. The molecular weight excluding hydrogens is 340 g/mol. The predicted octanol–water partition coefficient (Wildman–Crippen LogP) is 2.97. The molecule has 0 radical (unpaired) electrons. The van der Waals surface area contributed by atoms with Gasteiger partial charge in [0.2, 0.25) is 0 Å². The summed E-state index contributed by atoms with van der Waals surface area (Å²) in [5.41, 5.74) is 4.01. The highest BCUT2D eigenvalue weighted by Gasteiger charge is 2.52. The molecule has 1 saturated heterocycles. The van der Waals surface area contributed by atoms with E-state index in [4.69, 9.17) is 0 Å². The van der Waals surface area contributed by atoms with Gasteiger partial charge in [0.25, 0.3) is 5.91 Å². The zero-order valence-electron chi connectivity index (χ0n) is 15.5. The number of carbonyl (C=O) groups excluding carboxylic acids is 3. The Bertz CT molecular complexity index is 966. The maximum Gasteiger partial charge on any atom is 0.325 e. The number of urea groups is 1. The second-order valence-corrected chi connectivity index (χ2v) is 7.57. The quantitative estimate of drug-likeness (QED) is 0.674. The predicted molar refractivity (Wildman–Crippen MR) is 102 cm³/mol. The first-order chi connectivity index (χ1) is 12.9. The van der Waals surface area contributed by atoms with Gasteiger partial charge in [-0.15, -0.1) is 0 Å². The normalized spacial score (nSPS) is 21.3. The second-order valence-electron chi connectivity index (χ2n) is 7.57. The lowest BCUT2D eigenvalue weighted by molar-refractivity contribution is -0.131. The smallest absolute Gasteiger partial charge is 0.323 e. The van der Waals surface area contributed by atoms with E-state index in [1.54, 1.807) is 6.07 Å². The largest absolute Gasteiger partial charge is 0.325 e. The highest BCUT2D eigenvalue weighted by atomic mass is 16.2. The summed E-state index contributed by atoms with van der Waals surface area (Å²) in [7, 11) is 0. The summed E-state index contributed by atoms with van der Waals surface area (Å²) in [6.45, 7) is 3.69. The van der Waals surface area contributed by atoms with Gasteiger partial charge in [0.15, 0.2) is 5.78 Å². The van der Waals surface area contributed by atoms with E-state index in [-0.39, 0.29) is 18.2 Å². The first-order valence-electron chi connectivity index (χ1n) is 9.21. The van der Waals surface area contributed by atoms with Gasteiger partial charge in [-0.25, -0.2) is 4.79 Å². The van der Waals surface area contributed by atoms with Crippen LogP contribution in [-0.4, -0.2) is 34.7 Å². The third-order valence-electron chi connectivity index (χ3n) is 5.81. The molecule has 2 aromatic rings. The number of carbonyl (C=O) groups is 3. The zero-order valence-corrected chi connectivity index (χ0v) is 15.5. The topological polar surface area (TPSA) is 66.5 Å². The van der Waals surface area contributed by atoms with E-state index >= 15 is 0 Å². The van der Waals surface area contributed by atoms with Gasteiger partial charge in [-0.1, -0.05) is 36.4 Å². The van der Waals surface area contributed by atoms with Crippen LogP contribution in [0.25, 0.3) is 0 Å². The number of nitrogens with zero attached hydrogens (tertiary/aromatic N) is 1. The average Bonchev–Trinajstić information content (AvgIpc) is 2.87. The van der Waals surface area contributed by atoms with Gasteiger partial charge in [-0.3, -0.25) is 14.5 Å². The third-order valence-corrected chi connectivity index (χ3v) is 5.81. The molecule has 5 nitrogen and oxygen atoms in total. The molecule has 1 N–H and O–H groups in total. The van der Waals surface area contributed by atoms with E-state index in [1.807, 2.05) is 44.2 Å². The molecule has 0 aromatic heterocycles. The molecule has 4 rings (SSSR count). The average molecular weight is 362 g/mol. The Morgan fingerprint density at radius 1 is 1.07 bits per heavy atom. The lowest BCUT2D eigenvalue weighted by Crippen LogP contribution is -2.51. The molecule has 1 atom stereocenters. The fourth-order valence-corrected chi connectivity index (χ4v) is 3.99. The highest BCUT2D eigenvalue weighted by molar-refractivity contribution is 6.11. The summed E-state index contributed by atoms with van der Waals surface area (Å²) in [6.07, 6.45) is 1.77. The van der Waals surface area contributed by atoms with Crippen molar-refractivity contribution in [1.82, 2.24) is 10.2 Å². The van der Waals surface area contributed by atoms with Crippen molar-refractivity contribution in [3.05, 3.63) is 70.3 Å². The number of rotatable bonds is 3. The summed E-state index contributed by atoms with van der Waals surface area (Å²) in [5, 5.41) is 2.87. The molecule has 2 aliphatic rings. The van der Waals surface area contributed by atoms with E-state index in [0.29, 0.717) is 18.4 Å². The van der Waals surface area contributed by atoms with Crippen LogP contribution in [0.4, 0.5) is 4.79 Å².